The molecule has 2 heterocycles. The summed E-state index contributed by atoms with van der Waals surface area (Å²) in [6.07, 6.45) is 0. The van der Waals surface area contributed by atoms with Crippen molar-refractivity contribution in [2.45, 2.75) is 13.1 Å². The molecule has 1 aromatic carbocycles. The highest BCUT2D eigenvalue weighted by Crippen LogP contribution is 2.13. The fourth-order valence-electron chi connectivity index (χ4n) is 2.56. The summed E-state index contributed by atoms with van der Waals surface area (Å²) in [6.45, 7) is 0.0436. The topological polar surface area (TPSA) is 119 Å². The number of fused-ring (bicyclic) bond motifs is 1. The summed E-state index contributed by atoms with van der Waals surface area (Å²) in [5.41, 5.74) is 5.87. The maximum Gasteiger partial charge on any atom is 0.319 e. The van der Waals surface area contributed by atoms with Crippen molar-refractivity contribution in [1.29, 1.82) is 0 Å². The lowest BCUT2D eigenvalue weighted by Crippen LogP contribution is -2.31. The number of nitrogens with two attached hydrogens (primary N) is 1. The lowest BCUT2D eigenvalue weighted by molar-refractivity contribution is -0.142. The zero-order valence-electron chi connectivity index (χ0n) is 14.3. The number of hydrogen-bond donors (Lipinski definition) is 2. The van der Waals surface area contributed by atoms with Gasteiger partial charge < -0.3 is 10.5 Å². The molecular formula is C16H16F2N6O3. The van der Waals surface area contributed by atoms with Gasteiger partial charge in [0.25, 0.3) is 11.3 Å². The minimum Gasteiger partial charge on any atom is -0.468 e. The van der Waals surface area contributed by atoms with Gasteiger partial charge in [-0.15, -0.1) is 0 Å². The van der Waals surface area contributed by atoms with E-state index in [0.717, 1.165) is 16.6 Å². The average molecular weight is 378 g/mol. The molecule has 0 aliphatic carbocycles. The Morgan fingerprint density at radius 1 is 1.26 bits per heavy atom. The first-order valence-electron chi connectivity index (χ1n) is 7.83. The smallest absolute Gasteiger partial charge is 0.319 e. The van der Waals surface area contributed by atoms with Gasteiger partial charge in [-0.1, -0.05) is 6.07 Å². The second-order valence-corrected chi connectivity index (χ2v) is 5.80. The van der Waals surface area contributed by atoms with E-state index < -0.39 is 23.2 Å². The molecule has 0 saturated carbocycles. The van der Waals surface area contributed by atoms with Crippen LogP contribution < -0.4 is 11.3 Å². The summed E-state index contributed by atoms with van der Waals surface area (Å²) in [5, 5.41) is 2.54. The minimum absolute atomic E-state index is 0.0324. The van der Waals surface area contributed by atoms with Crippen LogP contribution in [-0.4, -0.2) is 44.1 Å². The van der Waals surface area contributed by atoms with E-state index in [2.05, 4.69) is 19.8 Å². The number of carbonyl (C=O) groups excluding carboxylic acids is 1. The summed E-state index contributed by atoms with van der Waals surface area (Å²) in [6, 6.07) is 4.71. The van der Waals surface area contributed by atoms with Crippen molar-refractivity contribution >= 4 is 17.7 Å². The number of carbonyl (C=O) groups is 1. The third-order valence-corrected chi connectivity index (χ3v) is 3.76. The number of aromatic amines is 1. The fourth-order valence-corrected chi connectivity index (χ4v) is 2.56. The number of nitrogens with zero attached hydrogens (tertiary/aromatic N) is 4. The van der Waals surface area contributed by atoms with Gasteiger partial charge in [0.1, 0.15) is 0 Å². The largest absolute Gasteiger partial charge is 0.468 e. The maximum atomic E-state index is 13.4. The number of ether oxygens (including phenoxy) is 1. The molecule has 0 aliphatic heterocycles. The van der Waals surface area contributed by atoms with E-state index in [1.54, 1.807) is 4.90 Å². The van der Waals surface area contributed by atoms with Crippen LogP contribution in [0.1, 0.15) is 11.3 Å². The number of nitrogens with one attached hydrogen (secondary N) is 1. The van der Waals surface area contributed by atoms with E-state index in [4.69, 9.17) is 5.73 Å². The SMILES string of the molecule is COC(=O)CN(Cc1ccc(F)c(F)c1)Cc1cc(=O)n2[nH]c(N)nc2n1. The number of anilines is 1. The van der Waals surface area contributed by atoms with E-state index in [1.165, 1.54) is 19.2 Å². The Balaban J connectivity index is 1.87. The Labute approximate surface area is 151 Å². The van der Waals surface area contributed by atoms with Crippen molar-refractivity contribution in [1.82, 2.24) is 24.5 Å². The van der Waals surface area contributed by atoms with Gasteiger partial charge in [0.2, 0.25) is 5.95 Å². The molecule has 0 unspecified atom stereocenters. The van der Waals surface area contributed by atoms with Gasteiger partial charge in [-0.25, -0.2) is 13.8 Å². The zero-order valence-corrected chi connectivity index (χ0v) is 14.3. The van der Waals surface area contributed by atoms with Crippen LogP contribution in [-0.2, 0) is 22.6 Å². The van der Waals surface area contributed by atoms with Crippen molar-refractivity contribution in [2.24, 2.45) is 0 Å². The monoisotopic (exact) mass is 378 g/mol. The number of hydrogen-bond acceptors (Lipinski definition) is 7. The van der Waals surface area contributed by atoms with E-state index in [9.17, 15) is 18.4 Å². The maximum absolute atomic E-state index is 13.4. The molecule has 11 heteroatoms. The molecule has 3 aromatic rings. The number of halogens is 2. The van der Waals surface area contributed by atoms with E-state index >= 15 is 0 Å². The third kappa shape index (κ3) is 4.26. The Morgan fingerprint density at radius 3 is 2.74 bits per heavy atom. The molecule has 0 radical (unpaired) electrons. The van der Waals surface area contributed by atoms with Crippen molar-refractivity contribution in [3.8, 4) is 0 Å². The van der Waals surface area contributed by atoms with Crippen LogP contribution in [0.2, 0.25) is 0 Å². The standard InChI is InChI=1S/C16H16F2N6O3/c1-27-14(26)8-23(6-9-2-3-11(17)12(18)4-9)7-10-5-13(25)24-16(20-10)21-15(19)22-24/h2-5H,6-8H2,1H3,(H3,19,20,21,22). The van der Waals surface area contributed by atoms with E-state index in [1.807, 2.05) is 0 Å². The Bertz CT molecular complexity index is 1050. The molecule has 3 rings (SSSR count). The van der Waals surface area contributed by atoms with E-state index in [0.29, 0.717) is 11.3 Å². The lowest BCUT2D eigenvalue weighted by atomic mass is 10.2. The number of esters is 1. The normalized spacial score (nSPS) is 11.3. The van der Waals surface area contributed by atoms with Gasteiger partial charge in [0.15, 0.2) is 11.6 Å². The second-order valence-electron chi connectivity index (χ2n) is 5.80. The first kappa shape index (κ1) is 18.5. The molecule has 0 saturated heterocycles. The summed E-state index contributed by atoms with van der Waals surface area (Å²) in [4.78, 5) is 33.5. The third-order valence-electron chi connectivity index (χ3n) is 3.76. The zero-order chi connectivity index (χ0) is 19.6. The van der Waals surface area contributed by atoms with Crippen molar-refractivity contribution in [3.63, 3.8) is 0 Å². The highest BCUT2D eigenvalue weighted by atomic mass is 19.2. The quantitative estimate of drug-likeness (QED) is 0.598. The van der Waals surface area contributed by atoms with Gasteiger partial charge in [-0.2, -0.15) is 9.50 Å². The van der Waals surface area contributed by atoms with Crippen LogP contribution in [0.25, 0.3) is 5.78 Å². The number of benzene rings is 1. The fraction of sp³-hybridized carbons (Fsp3) is 0.250. The highest BCUT2D eigenvalue weighted by molar-refractivity contribution is 5.71. The Kier molecular flexibility index (Phi) is 5.12. The van der Waals surface area contributed by atoms with Gasteiger partial charge in [0, 0.05) is 19.2 Å². The first-order valence-corrected chi connectivity index (χ1v) is 7.83. The molecule has 0 bridgehead atoms. The lowest BCUT2D eigenvalue weighted by Gasteiger charge is -2.20. The Morgan fingerprint density at radius 2 is 2.04 bits per heavy atom. The molecule has 9 nitrogen and oxygen atoms in total. The molecule has 0 fully saturated rings. The summed E-state index contributed by atoms with van der Waals surface area (Å²) < 4.78 is 32.3. The summed E-state index contributed by atoms with van der Waals surface area (Å²) in [7, 11) is 1.24. The van der Waals surface area contributed by atoms with Crippen LogP contribution in [0.5, 0.6) is 0 Å². The number of methoxy groups -OCH3 is 1. The van der Waals surface area contributed by atoms with Gasteiger partial charge in [-0.3, -0.25) is 19.6 Å². The molecule has 0 atom stereocenters. The number of H-pyrrole nitrogens is 1. The molecule has 0 aliphatic rings. The first-order chi connectivity index (χ1) is 12.9. The van der Waals surface area contributed by atoms with Crippen LogP contribution in [0.15, 0.2) is 29.1 Å². The van der Waals surface area contributed by atoms with Crippen LogP contribution in [0.3, 0.4) is 0 Å². The molecule has 2 aromatic heterocycles. The predicted octanol–water partition coefficient (Wildman–Crippen LogP) is 0.453. The van der Waals surface area contributed by atoms with Crippen LogP contribution >= 0.6 is 0 Å². The van der Waals surface area contributed by atoms with Crippen molar-refractivity contribution < 1.29 is 18.3 Å². The number of nitrogen functional groups attached to an aromatic ring is 1. The van der Waals surface area contributed by atoms with Gasteiger partial charge in [-0.05, 0) is 17.7 Å². The molecule has 0 spiro atoms. The van der Waals surface area contributed by atoms with Crippen molar-refractivity contribution in [2.75, 3.05) is 19.4 Å². The molecule has 3 N–H and O–H groups in total. The van der Waals surface area contributed by atoms with Crippen molar-refractivity contribution in [3.05, 3.63) is 57.5 Å². The molecule has 142 valence electrons. The van der Waals surface area contributed by atoms with Crippen LogP contribution in [0.4, 0.5) is 14.7 Å². The van der Waals surface area contributed by atoms with Crippen LogP contribution in [0, 0.1) is 11.6 Å². The predicted molar refractivity (Wildman–Crippen MR) is 90.5 cm³/mol. The highest BCUT2D eigenvalue weighted by Gasteiger charge is 2.16. The molecular weight excluding hydrogens is 362 g/mol. The summed E-state index contributed by atoms with van der Waals surface area (Å²) >= 11 is 0. The number of aromatic nitrogens is 4. The minimum atomic E-state index is -0.990. The summed E-state index contributed by atoms with van der Waals surface area (Å²) in [5.74, 6) is -2.37. The van der Waals surface area contributed by atoms with E-state index in [-0.39, 0.29) is 31.4 Å². The van der Waals surface area contributed by atoms with Gasteiger partial charge in [0.05, 0.1) is 19.3 Å². The van der Waals surface area contributed by atoms with Gasteiger partial charge >= 0.3 is 5.97 Å². The number of rotatable bonds is 6. The second kappa shape index (κ2) is 7.50. The molecule has 27 heavy (non-hydrogen) atoms. The Hall–Kier alpha value is -3.34. The molecule has 0 amide bonds. The average Bonchev–Trinajstić information content (AvgIpc) is 2.99.